The van der Waals surface area contributed by atoms with Gasteiger partial charge >= 0.3 is 6.18 Å². The van der Waals surface area contributed by atoms with E-state index >= 15 is 0 Å². The Morgan fingerprint density at radius 2 is 1.96 bits per heavy atom. The van der Waals surface area contributed by atoms with Gasteiger partial charge in [-0.05, 0) is 18.9 Å². The number of halogens is 3. The maximum atomic E-state index is 13.8. The molecule has 144 valence electrons. The highest BCUT2D eigenvalue weighted by molar-refractivity contribution is 6.07. The van der Waals surface area contributed by atoms with E-state index in [1.807, 2.05) is 0 Å². The van der Waals surface area contributed by atoms with Crippen molar-refractivity contribution in [3.8, 4) is 0 Å². The number of anilines is 1. The van der Waals surface area contributed by atoms with Crippen LogP contribution in [0.4, 0.5) is 24.5 Å². The number of carbonyl (C=O) groups excluding carboxylic acids is 1. The lowest BCUT2D eigenvalue weighted by Gasteiger charge is -2.32. The molecular formula is C15H13F3N4O5. The number of nitrogens with one attached hydrogen (secondary N) is 1. The quantitative estimate of drug-likeness (QED) is 0.614. The first-order valence-corrected chi connectivity index (χ1v) is 8.17. The monoisotopic (exact) mass is 386 g/mol. The number of fused-ring (bicyclic) bond motifs is 4. The van der Waals surface area contributed by atoms with Gasteiger partial charge in [0.25, 0.3) is 17.6 Å². The molecule has 3 aliphatic rings. The first-order chi connectivity index (χ1) is 12.6. The lowest BCUT2D eigenvalue weighted by molar-refractivity contribution is -0.547. The molecule has 4 rings (SSSR count). The van der Waals surface area contributed by atoms with Crippen LogP contribution in [-0.4, -0.2) is 45.5 Å². The first kappa shape index (κ1) is 17.6. The van der Waals surface area contributed by atoms with Gasteiger partial charge in [0.1, 0.15) is 5.92 Å². The molecular weight excluding hydrogens is 373 g/mol. The Bertz CT molecular complexity index is 875. The van der Waals surface area contributed by atoms with Crippen LogP contribution in [0, 0.1) is 26.1 Å². The average molecular weight is 386 g/mol. The van der Waals surface area contributed by atoms with Crippen LogP contribution in [0.2, 0.25) is 0 Å². The topological polar surface area (TPSA) is 119 Å². The molecule has 3 aliphatic heterocycles. The summed E-state index contributed by atoms with van der Waals surface area (Å²) in [5.74, 6) is -3.29. The molecule has 1 N–H and O–H groups in total. The number of nitro groups is 2. The van der Waals surface area contributed by atoms with E-state index in [4.69, 9.17) is 0 Å². The molecule has 12 heteroatoms. The minimum absolute atomic E-state index is 0.0610. The van der Waals surface area contributed by atoms with Gasteiger partial charge in [0.2, 0.25) is 0 Å². The zero-order valence-electron chi connectivity index (χ0n) is 13.6. The fourth-order valence-corrected chi connectivity index (χ4v) is 4.91. The third-order valence-corrected chi connectivity index (χ3v) is 5.76. The number of benzene rings is 1. The van der Waals surface area contributed by atoms with E-state index < -0.39 is 51.2 Å². The van der Waals surface area contributed by atoms with Crippen molar-refractivity contribution in [2.45, 2.75) is 36.6 Å². The number of alkyl halides is 3. The van der Waals surface area contributed by atoms with Crippen molar-refractivity contribution in [3.05, 3.63) is 44.0 Å². The second kappa shape index (κ2) is 5.38. The van der Waals surface area contributed by atoms with Crippen LogP contribution in [0.15, 0.2) is 18.2 Å². The summed E-state index contributed by atoms with van der Waals surface area (Å²) in [7, 11) is 0. The largest absolute Gasteiger partial charge is 0.400 e. The number of carbonyl (C=O) groups is 1. The highest BCUT2D eigenvalue weighted by atomic mass is 19.4. The van der Waals surface area contributed by atoms with Gasteiger partial charge in [-0.1, -0.05) is 0 Å². The summed E-state index contributed by atoms with van der Waals surface area (Å²) in [6.07, 6.45) is -4.48. The van der Waals surface area contributed by atoms with Gasteiger partial charge in [-0.2, -0.15) is 13.2 Å². The number of nitrogens with zero attached hydrogens (tertiary/aromatic N) is 3. The summed E-state index contributed by atoms with van der Waals surface area (Å²) >= 11 is 0. The van der Waals surface area contributed by atoms with Crippen molar-refractivity contribution in [3.63, 3.8) is 0 Å². The van der Waals surface area contributed by atoms with Crippen molar-refractivity contribution in [2.24, 2.45) is 5.92 Å². The van der Waals surface area contributed by atoms with Gasteiger partial charge in [-0.25, -0.2) is 0 Å². The molecule has 9 nitrogen and oxygen atoms in total. The Balaban J connectivity index is 2.01. The highest BCUT2D eigenvalue weighted by Crippen LogP contribution is 2.58. The maximum Gasteiger partial charge on any atom is 0.400 e. The van der Waals surface area contributed by atoms with Crippen LogP contribution in [0.25, 0.3) is 0 Å². The highest BCUT2D eigenvalue weighted by Gasteiger charge is 2.78. The van der Waals surface area contributed by atoms with E-state index in [1.54, 1.807) is 0 Å². The minimum atomic E-state index is -4.89. The summed E-state index contributed by atoms with van der Waals surface area (Å²) in [5, 5.41) is 25.3. The number of amides is 1. The van der Waals surface area contributed by atoms with Crippen LogP contribution in [0.1, 0.15) is 18.4 Å². The SMILES string of the molecule is O=C1Nc2ccc([N+](=O)[O-])cc2[C@@]12[C@H]([N+](=O)[O-])[C@@H](C(F)(F)F)[C@@H]1CCCN12. The molecule has 0 bridgehead atoms. The molecule has 0 saturated carbocycles. The number of non-ortho nitro benzene ring substituents is 1. The molecule has 0 unspecified atom stereocenters. The summed E-state index contributed by atoms with van der Waals surface area (Å²) in [4.78, 5) is 35.2. The third kappa shape index (κ3) is 2.13. The lowest BCUT2D eigenvalue weighted by atomic mass is 9.79. The van der Waals surface area contributed by atoms with Crippen molar-refractivity contribution in [2.75, 3.05) is 11.9 Å². The summed E-state index contributed by atoms with van der Waals surface area (Å²) < 4.78 is 41.4. The van der Waals surface area contributed by atoms with Crippen molar-refractivity contribution < 1.29 is 27.8 Å². The molecule has 2 saturated heterocycles. The molecule has 1 aromatic carbocycles. The number of hydrogen-bond donors (Lipinski definition) is 1. The van der Waals surface area contributed by atoms with Gasteiger partial charge in [0, 0.05) is 40.9 Å². The number of nitro benzene ring substituents is 1. The minimum Gasteiger partial charge on any atom is -0.324 e. The second-order valence-electron chi connectivity index (χ2n) is 6.91. The number of hydrogen-bond acceptors (Lipinski definition) is 6. The molecule has 0 aromatic heterocycles. The molecule has 0 aliphatic carbocycles. The van der Waals surface area contributed by atoms with Gasteiger partial charge in [-0.15, -0.1) is 0 Å². The summed E-state index contributed by atoms with van der Waals surface area (Å²) in [5.41, 5.74) is -2.74. The second-order valence-corrected chi connectivity index (χ2v) is 6.91. The molecule has 1 amide bonds. The molecule has 0 radical (unpaired) electrons. The summed E-state index contributed by atoms with van der Waals surface area (Å²) in [6, 6.07) is -0.250. The average Bonchev–Trinajstić information content (AvgIpc) is 3.19. The molecule has 27 heavy (non-hydrogen) atoms. The zero-order valence-corrected chi connectivity index (χ0v) is 13.6. The predicted molar refractivity (Wildman–Crippen MR) is 83.5 cm³/mol. The zero-order chi connectivity index (χ0) is 19.7. The molecule has 1 spiro atoms. The van der Waals surface area contributed by atoms with Crippen LogP contribution in [0.3, 0.4) is 0 Å². The smallest absolute Gasteiger partial charge is 0.324 e. The Labute approximate surface area is 149 Å². The van der Waals surface area contributed by atoms with Crippen LogP contribution in [0.5, 0.6) is 0 Å². The van der Waals surface area contributed by atoms with E-state index in [1.165, 1.54) is 11.0 Å². The number of rotatable bonds is 2. The summed E-state index contributed by atoms with van der Waals surface area (Å²) in [6.45, 7) is 0.0666. The van der Waals surface area contributed by atoms with E-state index in [9.17, 15) is 38.2 Å². The fourth-order valence-electron chi connectivity index (χ4n) is 4.91. The van der Waals surface area contributed by atoms with Gasteiger partial charge in [0.15, 0.2) is 5.54 Å². The van der Waals surface area contributed by atoms with Crippen molar-refractivity contribution >= 4 is 17.3 Å². The molecule has 1 aromatic rings. The Kier molecular flexibility index (Phi) is 3.51. The van der Waals surface area contributed by atoms with E-state index in [0.717, 1.165) is 12.1 Å². The van der Waals surface area contributed by atoms with E-state index in [0.29, 0.717) is 6.42 Å². The van der Waals surface area contributed by atoms with Gasteiger partial charge < -0.3 is 5.32 Å². The molecule has 2 fully saturated rings. The predicted octanol–water partition coefficient (Wildman–Crippen LogP) is 2.04. The standard InChI is InChI=1S/C15H13F3N4O5/c16-15(17,18)11-10-2-1-5-20(10)14(12(11)22(26)27)8-6-7(21(24)25)3-4-9(8)19-13(14)23/h3-4,6,10-12H,1-2,5H2,(H,19,23)/t10-,11-,12+,14+/m0/s1. The Morgan fingerprint density at radius 1 is 1.26 bits per heavy atom. The van der Waals surface area contributed by atoms with Crippen molar-refractivity contribution in [1.82, 2.24) is 4.90 Å². The maximum absolute atomic E-state index is 13.8. The lowest BCUT2D eigenvalue weighted by Crippen LogP contribution is -2.56. The first-order valence-electron chi connectivity index (χ1n) is 8.17. The Morgan fingerprint density at radius 3 is 2.56 bits per heavy atom. The van der Waals surface area contributed by atoms with Crippen LogP contribution >= 0.6 is 0 Å². The van der Waals surface area contributed by atoms with E-state index in [2.05, 4.69) is 5.32 Å². The van der Waals surface area contributed by atoms with Gasteiger partial charge in [-0.3, -0.25) is 29.9 Å². The van der Waals surface area contributed by atoms with Gasteiger partial charge in [0.05, 0.1) is 4.92 Å². The van der Waals surface area contributed by atoms with Crippen LogP contribution < -0.4 is 5.32 Å². The molecule has 3 heterocycles. The van der Waals surface area contributed by atoms with Crippen molar-refractivity contribution in [1.29, 1.82) is 0 Å². The normalized spacial score (nSPS) is 32.4. The Hall–Kier alpha value is -2.76. The third-order valence-electron chi connectivity index (χ3n) is 5.76. The fraction of sp³-hybridized carbons (Fsp3) is 0.533. The van der Waals surface area contributed by atoms with E-state index in [-0.39, 0.29) is 24.2 Å². The molecule has 4 atom stereocenters. The van der Waals surface area contributed by atoms with Crippen LogP contribution in [-0.2, 0) is 10.3 Å².